The van der Waals surface area contributed by atoms with Gasteiger partial charge in [-0.25, -0.2) is 10.2 Å². The maximum absolute atomic E-state index is 11.0. The third kappa shape index (κ3) is 4.91. The van der Waals surface area contributed by atoms with Gasteiger partial charge in [-0.2, -0.15) is 0 Å². The molecule has 0 radical (unpaired) electrons. The number of H-pyrrole nitrogens is 1. The van der Waals surface area contributed by atoms with E-state index in [0.29, 0.717) is 6.54 Å². The second kappa shape index (κ2) is 8.63. The number of methoxy groups -OCH3 is 1. The highest BCUT2D eigenvalue weighted by molar-refractivity contribution is 5.83. The van der Waals surface area contributed by atoms with Gasteiger partial charge < -0.3 is 27.0 Å². The van der Waals surface area contributed by atoms with Crippen LogP contribution >= 0.6 is 0 Å². The first-order chi connectivity index (χ1) is 10.1. The van der Waals surface area contributed by atoms with Crippen LogP contribution in [-0.4, -0.2) is 38.8 Å². The summed E-state index contributed by atoms with van der Waals surface area (Å²) in [6, 6.07) is 6.25. The van der Waals surface area contributed by atoms with Crippen molar-refractivity contribution in [3.63, 3.8) is 0 Å². The summed E-state index contributed by atoms with van der Waals surface area (Å²) < 4.78 is 4.50. The van der Waals surface area contributed by atoms with Crippen LogP contribution in [0.2, 0.25) is 0 Å². The van der Waals surface area contributed by atoms with Crippen molar-refractivity contribution in [1.82, 2.24) is 15.8 Å². The minimum atomic E-state index is -0.493. The Labute approximate surface area is 136 Å². The number of halogens is 1. The number of fused-ring (bicyclic) bond motifs is 1. The fourth-order valence-corrected chi connectivity index (χ4v) is 2.20. The molecule has 0 aliphatic carbocycles. The highest BCUT2D eigenvalue weighted by Gasteiger charge is 2.06. The van der Waals surface area contributed by atoms with Gasteiger partial charge in [0.1, 0.15) is 0 Å². The van der Waals surface area contributed by atoms with Crippen molar-refractivity contribution in [2.75, 3.05) is 27.7 Å². The Hall–Kier alpha value is -1.76. The number of benzene rings is 1. The van der Waals surface area contributed by atoms with E-state index >= 15 is 0 Å². The van der Waals surface area contributed by atoms with E-state index in [1.54, 1.807) is 0 Å². The molecule has 0 spiro atoms. The number of aromatic nitrogens is 1. The maximum atomic E-state index is 11.0. The lowest BCUT2D eigenvalue weighted by Crippen LogP contribution is -3.05. The predicted octanol–water partition coefficient (Wildman–Crippen LogP) is -2.78. The number of ether oxygens (including phenoxy) is 1. The Morgan fingerprint density at radius 2 is 2.14 bits per heavy atom. The van der Waals surface area contributed by atoms with Gasteiger partial charge in [-0.1, -0.05) is 6.07 Å². The van der Waals surface area contributed by atoms with Gasteiger partial charge in [-0.05, 0) is 23.3 Å². The first kappa shape index (κ1) is 18.3. The van der Waals surface area contributed by atoms with Crippen molar-refractivity contribution in [1.29, 1.82) is 0 Å². The third-order valence-electron chi connectivity index (χ3n) is 3.39. The Morgan fingerprint density at radius 1 is 1.36 bits per heavy atom. The smallest absolute Gasteiger partial charge is 0.421 e. The highest BCUT2D eigenvalue weighted by Crippen LogP contribution is 2.20. The van der Waals surface area contributed by atoms with E-state index in [2.05, 4.69) is 53.0 Å². The van der Waals surface area contributed by atoms with Crippen LogP contribution < -0.4 is 28.2 Å². The number of likely N-dealkylation sites (N-methyl/N-ethyl adjacent to an activating group) is 1. The first-order valence-corrected chi connectivity index (χ1v) is 7.05. The average molecular weight is 327 g/mol. The van der Waals surface area contributed by atoms with Gasteiger partial charge in [0.05, 0.1) is 27.7 Å². The van der Waals surface area contributed by atoms with Crippen LogP contribution in [0.3, 0.4) is 0 Å². The molecule has 0 saturated heterocycles. The van der Waals surface area contributed by atoms with E-state index in [1.807, 2.05) is 6.07 Å². The van der Waals surface area contributed by atoms with Crippen LogP contribution in [0.5, 0.6) is 0 Å². The second-order valence-corrected chi connectivity index (χ2v) is 5.37. The van der Waals surface area contributed by atoms with Crippen molar-refractivity contribution in [2.45, 2.75) is 13.0 Å². The normalized spacial score (nSPS) is 10.5. The summed E-state index contributed by atoms with van der Waals surface area (Å²) in [5, 5.41) is 1.24. The Bertz CT molecular complexity index is 613. The number of rotatable bonds is 6. The molecule has 6 nitrogen and oxygen atoms in total. The van der Waals surface area contributed by atoms with E-state index in [4.69, 9.17) is 0 Å². The number of quaternary nitrogens is 1. The fraction of sp³-hybridized carbons (Fsp3) is 0.400. The molecule has 0 aliphatic heterocycles. The topological polar surface area (TPSA) is 70.6 Å². The zero-order chi connectivity index (χ0) is 15.2. The molecule has 1 aromatic heterocycles. The molecule has 0 bridgehead atoms. The number of aromatic amines is 1. The molecule has 1 heterocycles. The molecule has 2 rings (SSSR count). The molecule has 0 saturated carbocycles. The predicted molar refractivity (Wildman–Crippen MR) is 82.1 cm³/mol. The minimum Gasteiger partial charge on any atom is -1.00 e. The molecular formula is C15H23ClN4O2. The molecule has 0 fully saturated rings. The maximum Gasteiger partial charge on any atom is 0.421 e. The number of carbonyl (C=O) groups excluding carboxylic acids is 1. The molecule has 22 heavy (non-hydrogen) atoms. The number of nitrogens with one attached hydrogen (secondary N) is 4. The minimum absolute atomic E-state index is 0. The van der Waals surface area contributed by atoms with Gasteiger partial charge >= 0.3 is 6.09 Å². The van der Waals surface area contributed by atoms with Gasteiger partial charge in [0.15, 0.2) is 0 Å². The van der Waals surface area contributed by atoms with Crippen molar-refractivity contribution < 1.29 is 26.8 Å². The third-order valence-corrected chi connectivity index (χ3v) is 3.39. The number of hydrogen-bond donors (Lipinski definition) is 4. The second-order valence-electron chi connectivity index (χ2n) is 5.37. The summed E-state index contributed by atoms with van der Waals surface area (Å²) in [6.07, 6.45) is 2.63. The van der Waals surface area contributed by atoms with E-state index in [-0.39, 0.29) is 12.4 Å². The molecule has 0 aliphatic rings. The number of hydrogen-bond acceptors (Lipinski definition) is 3. The van der Waals surface area contributed by atoms with Gasteiger partial charge in [-0.15, -0.1) is 0 Å². The molecule has 2 aromatic rings. The Morgan fingerprint density at radius 3 is 2.82 bits per heavy atom. The number of amides is 1. The van der Waals surface area contributed by atoms with Crippen molar-refractivity contribution in [3.8, 4) is 0 Å². The molecule has 7 heteroatoms. The van der Waals surface area contributed by atoms with Gasteiger partial charge in [0.25, 0.3) is 0 Å². The number of hydrazine groups is 1. The molecular weight excluding hydrogens is 304 g/mol. The van der Waals surface area contributed by atoms with E-state index in [1.165, 1.54) is 23.0 Å². The molecule has 1 amide bonds. The Kier molecular flexibility index (Phi) is 7.17. The summed E-state index contributed by atoms with van der Waals surface area (Å²) in [4.78, 5) is 15.7. The fourth-order valence-electron chi connectivity index (χ4n) is 2.20. The van der Waals surface area contributed by atoms with E-state index < -0.39 is 6.09 Å². The van der Waals surface area contributed by atoms with Crippen LogP contribution in [0.15, 0.2) is 24.4 Å². The van der Waals surface area contributed by atoms with Gasteiger partial charge in [0.2, 0.25) is 0 Å². The first-order valence-electron chi connectivity index (χ1n) is 7.05. The van der Waals surface area contributed by atoms with E-state index in [0.717, 1.165) is 24.0 Å². The summed E-state index contributed by atoms with van der Waals surface area (Å²) in [6.45, 7) is 1.65. The van der Waals surface area contributed by atoms with Crippen LogP contribution in [0.4, 0.5) is 4.79 Å². The quantitative estimate of drug-likeness (QED) is 0.434. The zero-order valence-electron chi connectivity index (χ0n) is 13.1. The van der Waals surface area contributed by atoms with Gasteiger partial charge in [0, 0.05) is 30.1 Å². The summed E-state index contributed by atoms with van der Waals surface area (Å²) in [7, 11) is 5.65. The molecule has 122 valence electrons. The summed E-state index contributed by atoms with van der Waals surface area (Å²) in [5.41, 5.74) is 8.87. The van der Waals surface area contributed by atoms with Crippen molar-refractivity contribution in [2.24, 2.45) is 0 Å². The molecule has 4 N–H and O–H groups in total. The van der Waals surface area contributed by atoms with Gasteiger partial charge in [-0.3, -0.25) is 5.43 Å². The van der Waals surface area contributed by atoms with Crippen LogP contribution in [0.1, 0.15) is 11.1 Å². The molecule has 0 atom stereocenters. The van der Waals surface area contributed by atoms with E-state index in [9.17, 15) is 4.79 Å². The SMILES string of the molecule is COC(=O)NNCc1ccc2[nH]cc(CC[NH+](C)C)c2c1.[Cl-]. The largest absolute Gasteiger partial charge is 1.00 e. The lowest BCUT2D eigenvalue weighted by atomic mass is 10.1. The Balaban J connectivity index is 0.00000242. The lowest BCUT2D eigenvalue weighted by molar-refractivity contribution is -0.858. The molecule has 0 unspecified atom stereocenters. The van der Waals surface area contributed by atoms with Crippen LogP contribution in [-0.2, 0) is 17.7 Å². The van der Waals surface area contributed by atoms with Crippen LogP contribution in [0, 0.1) is 0 Å². The van der Waals surface area contributed by atoms with Crippen molar-refractivity contribution >= 4 is 17.0 Å². The monoisotopic (exact) mass is 326 g/mol. The standard InChI is InChI=1S/C15H22N4O2.ClH/c1-19(2)7-6-12-10-16-14-5-4-11(8-13(12)14)9-17-18-15(20)21-3;/h4-5,8,10,16-17H,6-7,9H2,1-3H3,(H,18,20);1H. The van der Waals surface area contributed by atoms with Crippen LogP contribution in [0.25, 0.3) is 10.9 Å². The van der Waals surface area contributed by atoms with Crippen molar-refractivity contribution in [3.05, 3.63) is 35.5 Å². The lowest BCUT2D eigenvalue weighted by Gasteiger charge is -2.08. The zero-order valence-corrected chi connectivity index (χ0v) is 13.9. The summed E-state index contributed by atoms with van der Waals surface area (Å²) >= 11 is 0. The summed E-state index contributed by atoms with van der Waals surface area (Å²) in [5.74, 6) is 0. The average Bonchev–Trinajstić information content (AvgIpc) is 2.87. The highest BCUT2D eigenvalue weighted by atomic mass is 35.5. The molecule has 1 aromatic carbocycles. The number of carbonyl (C=O) groups is 1.